The molecule has 2 rings (SSSR count). The first-order valence-electron chi connectivity index (χ1n) is 9.58. The maximum atomic E-state index is 12.4. The van der Waals surface area contributed by atoms with Crippen LogP contribution in [-0.2, 0) is 4.79 Å². The Kier molecular flexibility index (Phi) is 7.20. The smallest absolute Gasteiger partial charge is 0.220 e. The van der Waals surface area contributed by atoms with Crippen LogP contribution in [-0.4, -0.2) is 25.0 Å². The minimum absolute atomic E-state index is 0.258. The molecule has 4 atom stereocenters. The monoisotopic (exact) mass is 308 g/mol. The van der Waals surface area contributed by atoms with Crippen LogP contribution in [0.5, 0.6) is 0 Å². The van der Waals surface area contributed by atoms with E-state index in [9.17, 15) is 4.79 Å². The van der Waals surface area contributed by atoms with Gasteiger partial charge in [-0.2, -0.15) is 0 Å². The number of carbonyl (C=O) groups excluding carboxylic acids is 1. The predicted molar refractivity (Wildman–Crippen MR) is 92.7 cm³/mol. The fraction of sp³-hybridized carbons (Fsp3) is 0.947. The highest BCUT2D eigenvalue weighted by atomic mass is 16.1. The quantitative estimate of drug-likeness (QED) is 0.785. The van der Waals surface area contributed by atoms with E-state index in [4.69, 9.17) is 0 Å². The average molecular weight is 309 g/mol. The van der Waals surface area contributed by atoms with Gasteiger partial charge < -0.3 is 10.6 Å². The van der Waals surface area contributed by atoms with Crippen LogP contribution in [0.25, 0.3) is 0 Å². The van der Waals surface area contributed by atoms with E-state index in [2.05, 4.69) is 31.4 Å². The molecule has 1 aliphatic carbocycles. The molecule has 0 spiro atoms. The Labute approximate surface area is 137 Å². The van der Waals surface area contributed by atoms with E-state index in [1.807, 2.05) is 0 Å². The fourth-order valence-electron chi connectivity index (χ4n) is 4.34. The normalized spacial score (nSPS) is 27.9. The van der Waals surface area contributed by atoms with Gasteiger partial charge >= 0.3 is 0 Å². The second-order valence-electron chi connectivity index (χ2n) is 7.90. The Bertz CT molecular complexity index is 332. The van der Waals surface area contributed by atoms with Crippen LogP contribution in [0.15, 0.2) is 0 Å². The second-order valence-corrected chi connectivity index (χ2v) is 7.90. The van der Waals surface area contributed by atoms with E-state index < -0.39 is 0 Å². The van der Waals surface area contributed by atoms with Gasteiger partial charge in [0.25, 0.3) is 0 Å². The van der Waals surface area contributed by atoms with Crippen molar-refractivity contribution in [1.82, 2.24) is 10.6 Å². The molecule has 2 N–H and O–H groups in total. The molecule has 2 aliphatic rings. The highest BCUT2D eigenvalue weighted by Crippen LogP contribution is 2.31. The lowest BCUT2D eigenvalue weighted by molar-refractivity contribution is -0.123. The molecule has 4 unspecified atom stereocenters. The van der Waals surface area contributed by atoms with Gasteiger partial charge in [-0.3, -0.25) is 4.79 Å². The molecule has 0 bridgehead atoms. The Morgan fingerprint density at radius 2 is 1.73 bits per heavy atom. The van der Waals surface area contributed by atoms with Gasteiger partial charge in [-0.15, -0.1) is 0 Å². The van der Waals surface area contributed by atoms with E-state index >= 15 is 0 Å². The van der Waals surface area contributed by atoms with Gasteiger partial charge in [-0.1, -0.05) is 46.0 Å². The minimum atomic E-state index is 0.258. The summed E-state index contributed by atoms with van der Waals surface area (Å²) >= 11 is 0. The molecule has 1 saturated carbocycles. The molecule has 1 heterocycles. The van der Waals surface area contributed by atoms with Crippen molar-refractivity contribution in [2.24, 2.45) is 23.7 Å². The molecule has 0 radical (unpaired) electrons. The number of piperidine rings is 1. The summed E-state index contributed by atoms with van der Waals surface area (Å²) in [6.45, 7) is 9.00. The van der Waals surface area contributed by atoms with Gasteiger partial charge in [0.2, 0.25) is 5.91 Å². The lowest BCUT2D eigenvalue weighted by atomic mass is 9.78. The van der Waals surface area contributed by atoms with Gasteiger partial charge in [0.1, 0.15) is 0 Å². The van der Waals surface area contributed by atoms with Crippen molar-refractivity contribution in [3.05, 3.63) is 0 Å². The van der Waals surface area contributed by atoms with Crippen molar-refractivity contribution in [2.75, 3.05) is 13.1 Å². The first-order valence-corrected chi connectivity index (χ1v) is 9.58. The number of nitrogens with one attached hydrogen (secondary N) is 2. The molecule has 1 amide bonds. The van der Waals surface area contributed by atoms with E-state index in [0.29, 0.717) is 30.2 Å². The number of rotatable bonds is 6. The molecule has 2 fully saturated rings. The average Bonchev–Trinajstić information content (AvgIpc) is 2.55. The highest BCUT2D eigenvalue weighted by molar-refractivity contribution is 5.76. The lowest BCUT2D eigenvalue weighted by Gasteiger charge is -2.33. The zero-order valence-corrected chi connectivity index (χ0v) is 14.9. The summed E-state index contributed by atoms with van der Waals surface area (Å²) in [6.07, 6.45) is 10.1. The summed E-state index contributed by atoms with van der Waals surface area (Å²) in [5.41, 5.74) is 0. The van der Waals surface area contributed by atoms with E-state index in [1.165, 1.54) is 44.9 Å². The highest BCUT2D eigenvalue weighted by Gasteiger charge is 2.27. The van der Waals surface area contributed by atoms with Crippen molar-refractivity contribution in [1.29, 1.82) is 0 Å². The van der Waals surface area contributed by atoms with Crippen LogP contribution in [0.2, 0.25) is 0 Å². The molecule has 3 nitrogen and oxygen atoms in total. The molecule has 3 heteroatoms. The molecule has 22 heavy (non-hydrogen) atoms. The molecule has 1 saturated heterocycles. The summed E-state index contributed by atoms with van der Waals surface area (Å²) in [4.78, 5) is 12.4. The van der Waals surface area contributed by atoms with Gasteiger partial charge in [0.15, 0.2) is 0 Å². The fourth-order valence-corrected chi connectivity index (χ4v) is 4.34. The number of carbonyl (C=O) groups is 1. The molecule has 0 aromatic carbocycles. The van der Waals surface area contributed by atoms with Crippen LogP contribution in [0.4, 0.5) is 0 Å². The van der Waals surface area contributed by atoms with Crippen LogP contribution in [0.1, 0.15) is 72.1 Å². The molecular formula is C19H36N2O. The summed E-state index contributed by atoms with van der Waals surface area (Å²) in [5, 5.41) is 6.75. The number of hydrogen-bond acceptors (Lipinski definition) is 2. The maximum Gasteiger partial charge on any atom is 0.220 e. The van der Waals surface area contributed by atoms with Crippen molar-refractivity contribution in [3.8, 4) is 0 Å². The largest absolute Gasteiger partial charge is 0.353 e. The van der Waals surface area contributed by atoms with Crippen LogP contribution in [0, 0.1) is 23.7 Å². The Morgan fingerprint density at radius 1 is 1.05 bits per heavy atom. The predicted octanol–water partition coefficient (Wildman–Crippen LogP) is 3.73. The van der Waals surface area contributed by atoms with Gasteiger partial charge in [0.05, 0.1) is 0 Å². The molecule has 128 valence electrons. The molecular weight excluding hydrogens is 272 g/mol. The zero-order valence-electron chi connectivity index (χ0n) is 14.9. The third kappa shape index (κ3) is 5.26. The van der Waals surface area contributed by atoms with Crippen LogP contribution >= 0.6 is 0 Å². The van der Waals surface area contributed by atoms with Crippen molar-refractivity contribution < 1.29 is 4.79 Å². The van der Waals surface area contributed by atoms with Crippen molar-refractivity contribution in [3.63, 3.8) is 0 Å². The first kappa shape index (κ1) is 17.8. The van der Waals surface area contributed by atoms with E-state index in [0.717, 1.165) is 19.0 Å². The van der Waals surface area contributed by atoms with Crippen molar-refractivity contribution >= 4 is 5.91 Å². The number of amides is 1. The van der Waals surface area contributed by atoms with Crippen LogP contribution < -0.4 is 10.6 Å². The molecule has 1 aliphatic heterocycles. The molecule has 0 aromatic rings. The minimum Gasteiger partial charge on any atom is -0.353 e. The third-order valence-electron chi connectivity index (χ3n) is 6.22. The van der Waals surface area contributed by atoms with E-state index in [-0.39, 0.29) is 5.91 Å². The Hall–Kier alpha value is -0.570. The first-order chi connectivity index (χ1) is 10.6. The lowest BCUT2D eigenvalue weighted by Crippen LogP contribution is -2.42. The topological polar surface area (TPSA) is 41.1 Å². The van der Waals surface area contributed by atoms with Crippen LogP contribution in [0.3, 0.4) is 0 Å². The Morgan fingerprint density at radius 3 is 2.36 bits per heavy atom. The Balaban J connectivity index is 1.72. The summed E-state index contributed by atoms with van der Waals surface area (Å²) in [7, 11) is 0. The SMILES string of the molecule is CC(CC(=O)NC(C)C(C)C1CCCCC1)C1CCCNC1. The molecule has 0 aromatic heterocycles. The third-order valence-corrected chi connectivity index (χ3v) is 6.22. The van der Waals surface area contributed by atoms with E-state index in [1.54, 1.807) is 0 Å². The van der Waals surface area contributed by atoms with Gasteiger partial charge in [-0.25, -0.2) is 0 Å². The summed E-state index contributed by atoms with van der Waals surface area (Å²) < 4.78 is 0. The number of hydrogen-bond donors (Lipinski definition) is 2. The van der Waals surface area contributed by atoms with Crippen molar-refractivity contribution in [2.45, 2.75) is 78.2 Å². The van der Waals surface area contributed by atoms with Gasteiger partial charge in [-0.05, 0) is 56.5 Å². The zero-order chi connectivity index (χ0) is 15.9. The summed E-state index contributed by atoms with van der Waals surface area (Å²) in [6, 6.07) is 0.312. The standard InChI is InChI=1S/C19H36N2O/c1-14(18-10-7-11-20-13-18)12-19(22)21-16(3)15(2)17-8-5-4-6-9-17/h14-18,20H,4-13H2,1-3H3,(H,21,22). The van der Waals surface area contributed by atoms with Gasteiger partial charge in [0, 0.05) is 12.5 Å². The second kappa shape index (κ2) is 8.90. The summed E-state index contributed by atoms with van der Waals surface area (Å²) in [5.74, 6) is 2.84. The maximum absolute atomic E-state index is 12.4.